The molecule has 1 aromatic carbocycles. The maximum absolute atomic E-state index is 12.1. The molecule has 1 aliphatic heterocycles. The third-order valence-electron chi connectivity index (χ3n) is 5.68. The molecule has 1 fully saturated rings. The molecule has 0 atom stereocenters. The van der Waals surface area contributed by atoms with E-state index in [1.807, 2.05) is 39.0 Å². The predicted molar refractivity (Wildman–Crippen MR) is 128 cm³/mol. The molecule has 1 heterocycles. The van der Waals surface area contributed by atoms with E-state index in [9.17, 15) is 9.59 Å². The minimum Gasteiger partial charge on any atom is -0.491 e. The number of hydrogen-bond acceptors (Lipinski definition) is 7. The van der Waals surface area contributed by atoms with Crippen molar-refractivity contribution in [2.75, 3.05) is 13.2 Å². The van der Waals surface area contributed by atoms with E-state index in [4.69, 9.17) is 20.4 Å². The zero-order valence-electron chi connectivity index (χ0n) is 20.6. The minimum absolute atomic E-state index is 0.0737. The topological polar surface area (TPSA) is 128 Å². The number of fused-ring (bicyclic) bond motifs is 1. The molecule has 188 valence electrons. The highest BCUT2D eigenvalue weighted by atomic mass is 16.6. The molecule has 2 amide bonds. The van der Waals surface area contributed by atoms with Crippen LogP contribution in [0.15, 0.2) is 23.2 Å². The second kappa shape index (κ2) is 11.5. The second-order valence-corrected chi connectivity index (χ2v) is 9.79. The first-order chi connectivity index (χ1) is 16.1. The van der Waals surface area contributed by atoms with E-state index < -0.39 is 5.60 Å². The molecule has 34 heavy (non-hydrogen) atoms. The van der Waals surface area contributed by atoms with Crippen LogP contribution in [0, 0.1) is 0 Å². The van der Waals surface area contributed by atoms with E-state index in [-0.39, 0.29) is 24.1 Å². The summed E-state index contributed by atoms with van der Waals surface area (Å²) < 4.78 is 11.0. The van der Waals surface area contributed by atoms with Gasteiger partial charge in [-0.2, -0.15) is 0 Å². The largest absolute Gasteiger partial charge is 0.491 e. The maximum Gasteiger partial charge on any atom is 0.407 e. The van der Waals surface area contributed by atoms with Crippen LogP contribution in [0.25, 0.3) is 0 Å². The lowest BCUT2D eigenvalue weighted by Crippen LogP contribution is -2.43. The fourth-order valence-corrected chi connectivity index (χ4v) is 4.16. The van der Waals surface area contributed by atoms with Crippen molar-refractivity contribution in [3.8, 4) is 5.75 Å². The van der Waals surface area contributed by atoms with E-state index in [1.165, 1.54) is 12.5 Å². The summed E-state index contributed by atoms with van der Waals surface area (Å²) in [7, 11) is 0. The van der Waals surface area contributed by atoms with Gasteiger partial charge in [-0.1, -0.05) is 6.07 Å². The van der Waals surface area contributed by atoms with Gasteiger partial charge in [0.15, 0.2) is 0 Å². The molecule has 4 N–H and O–H groups in total. The molecule has 10 nitrogen and oxygen atoms in total. The van der Waals surface area contributed by atoms with Gasteiger partial charge in [-0.15, -0.1) is 0 Å². The Hall–Kier alpha value is -2.85. The lowest BCUT2D eigenvalue weighted by atomic mass is 9.91. The van der Waals surface area contributed by atoms with E-state index >= 15 is 0 Å². The Balaban J connectivity index is 1.59. The predicted octanol–water partition coefficient (Wildman–Crippen LogP) is 2.60. The van der Waals surface area contributed by atoms with Crippen LogP contribution >= 0.6 is 0 Å². The summed E-state index contributed by atoms with van der Waals surface area (Å²) in [5.74, 6) is 6.24. The number of amides is 2. The van der Waals surface area contributed by atoms with Gasteiger partial charge >= 0.3 is 6.09 Å². The molecule has 1 aliphatic carbocycles. The number of aliphatic imine (C=N–C) groups is 1. The molecule has 0 spiro atoms. The SMILES string of the molecule is CC(=O)NC(=NC1CCC(NC(=O)OC(C)(C)C)CC1)N1Cc2ccc(OCCON)cc2C1. The van der Waals surface area contributed by atoms with Gasteiger partial charge in [0.1, 0.15) is 24.6 Å². The number of alkyl carbamates (subject to hydrolysis) is 1. The average molecular weight is 476 g/mol. The smallest absolute Gasteiger partial charge is 0.407 e. The van der Waals surface area contributed by atoms with Crippen LogP contribution in [0.1, 0.15) is 64.5 Å². The second-order valence-electron chi connectivity index (χ2n) is 9.79. The van der Waals surface area contributed by atoms with Crippen LogP contribution < -0.4 is 21.3 Å². The summed E-state index contributed by atoms with van der Waals surface area (Å²) in [6, 6.07) is 6.12. The highest BCUT2D eigenvalue weighted by Crippen LogP contribution is 2.28. The highest BCUT2D eigenvalue weighted by Gasteiger charge is 2.27. The third-order valence-corrected chi connectivity index (χ3v) is 5.68. The fourth-order valence-electron chi connectivity index (χ4n) is 4.16. The molecule has 2 aliphatic rings. The van der Waals surface area contributed by atoms with E-state index in [0.29, 0.717) is 32.3 Å². The van der Waals surface area contributed by atoms with E-state index in [0.717, 1.165) is 37.0 Å². The summed E-state index contributed by atoms with van der Waals surface area (Å²) in [5, 5.41) is 5.87. The van der Waals surface area contributed by atoms with Crippen LogP contribution in [0.3, 0.4) is 0 Å². The monoisotopic (exact) mass is 475 g/mol. The van der Waals surface area contributed by atoms with Crippen molar-refractivity contribution in [3.05, 3.63) is 29.3 Å². The zero-order valence-corrected chi connectivity index (χ0v) is 20.6. The number of hydrogen-bond donors (Lipinski definition) is 3. The molecule has 0 saturated heterocycles. The van der Waals surface area contributed by atoms with Crippen LogP contribution in [-0.4, -0.2) is 53.8 Å². The standard InChI is InChI=1S/C24H37N5O5/c1-16(30)26-22(27-19-6-8-20(9-7-19)28-23(31)34-24(2,3)4)29-14-17-5-10-21(13-18(17)15-29)32-11-12-33-25/h5,10,13,19-20H,6-9,11-12,14-15,25H2,1-4H3,(H,28,31)(H,26,27,30). The average Bonchev–Trinajstić information content (AvgIpc) is 3.16. The normalized spacial score (nSPS) is 20.5. The highest BCUT2D eigenvalue weighted by molar-refractivity contribution is 5.96. The molecule has 0 bridgehead atoms. The summed E-state index contributed by atoms with van der Waals surface area (Å²) >= 11 is 0. The molecular formula is C24H37N5O5. The molecule has 1 aromatic rings. The number of ether oxygens (including phenoxy) is 2. The Kier molecular flexibility index (Phi) is 8.73. The molecule has 10 heteroatoms. The third kappa shape index (κ3) is 7.88. The van der Waals surface area contributed by atoms with Crippen LogP contribution in [0.2, 0.25) is 0 Å². The molecule has 3 rings (SSSR count). The summed E-state index contributed by atoms with van der Waals surface area (Å²) in [4.78, 5) is 35.5. The Morgan fingerprint density at radius 2 is 1.82 bits per heavy atom. The summed E-state index contributed by atoms with van der Waals surface area (Å²) in [6.07, 6.45) is 2.89. The van der Waals surface area contributed by atoms with Crippen molar-refractivity contribution in [2.45, 2.75) is 84.2 Å². The minimum atomic E-state index is -0.516. The van der Waals surface area contributed by atoms with E-state index in [1.54, 1.807) is 0 Å². The Morgan fingerprint density at radius 1 is 1.12 bits per heavy atom. The molecule has 1 saturated carbocycles. The van der Waals surface area contributed by atoms with Crippen LogP contribution in [0.4, 0.5) is 4.79 Å². The lowest BCUT2D eigenvalue weighted by molar-refractivity contribution is -0.117. The Labute approximate surface area is 201 Å². The lowest BCUT2D eigenvalue weighted by Gasteiger charge is -2.30. The fraction of sp³-hybridized carbons (Fsp3) is 0.625. The van der Waals surface area contributed by atoms with Gasteiger partial charge in [0.05, 0.1) is 6.04 Å². The van der Waals surface area contributed by atoms with Crippen molar-refractivity contribution >= 4 is 18.0 Å². The van der Waals surface area contributed by atoms with Gasteiger partial charge in [-0.3, -0.25) is 10.1 Å². The van der Waals surface area contributed by atoms with Gasteiger partial charge < -0.3 is 24.5 Å². The molecule has 0 unspecified atom stereocenters. The van der Waals surface area contributed by atoms with Gasteiger partial charge in [0.25, 0.3) is 0 Å². The molecule has 0 radical (unpaired) electrons. The number of nitrogens with zero attached hydrogens (tertiary/aromatic N) is 2. The van der Waals surface area contributed by atoms with Crippen LogP contribution in [-0.2, 0) is 27.5 Å². The zero-order chi connectivity index (χ0) is 24.7. The number of benzene rings is 1. The maximum atomic E-state index is 12.1. The van der Waals surface area contributed by atoms with Crippen molar-refractivity contribution < 1.29 is 23.9 Å². The molecular weight excluding hydrogens is 438 g/mol. The number of carbonyl (C=O) groups is 2. The summed E-state index contributed by atoms with van der Waals surface area (Å²) in [5.41, 5.74) is 1.79. The van der Waals surface area contributed by atoms with Crippen molar-refractivity contribution in [1.82, 2.24) is 15.5 Å². The van der Waals surface area contributed by atoms with Crippen molar-refractivity contribution in [2.24, 2.45) is 10.9 Å². The number of carbonyl (C=O) groups excluding carboxylic acids is 2. The van der Waals surface area contributed by atoms with Gasteiger partial charge in [0, 0.05) is 26.1 Å². The van der Waals surface area contributed by atoms with Crippen molar-refractivity contribution in [1.29, 1.82) is 0 Å². The molecule has 0 aromatic heterocycles. The number of nitrogens with two attached hydrogens (primary N) is 1. The van der Waals surface area contributed by atoms with Gasteiger partial charge in [-0.25, -0.2) is 15.7 Å². The number of rotatable bonds is 6. The first kappa shape index (κ1) is 25.8. The summed E-state index contributed by atoms with van der Waals surface area (Å²) in [6.45, 7) is 9.03. The quantitative estimate of drug-likeness (QED) is 0.250. The first-order valence-corrected chi connectivity index (χ1v) is 11.8. The van der Waals surface area contributed by atoms with Gasteiger partial charge in [-0.05, 0) is 69.7 Å². The number of guanidine groups is 1. The van der Waals surface area contributed by atoms with Crippen molar-refractivity contribution in [3.63, 3.8) is 0 Å². The Bertz CT molecular complexity index is 890. The first-order valence-electron chi connectivity index (χ1n) is 11.8. The number of nitrogens with one attached hydrogen (secondary N) is 2. The van der Waals surface area contributed by atoms with E-state index in [2.05, 4.69) is 20.4 Å². The Morgan fingerprint density at radius 3 is 2.47 bits per heavy atom. The van der Waals surface area contributed by atoms with Gasteiger partial charge in [0.2, 0.25) is 11.9 Å². The van der Waals surface area contributed by atoms with Crippen LogP contribution in [0.5, 0.6) is 5.75 Å².